The summed E-state index contributed by atoms with van der Waals surface area (Å²) in [4.78, 5) is 4.09. The van der Waals surface area contributed by atoms with E-state index in [0.29, 0.717) is 27.6 Å². The van der Waals surface area contributed by atoms with Crippen LogP contribution in [0.5, 0.6) is 11.5 Å². The third-order valence-electron chi connectivity index (χ3n) is 6.46. The van der Waals surface area contributed by atoms with E-state index in [1.165, 1.54) is 12.3 Å². The number of nitriles is 1. The van der Waals surface area contributed by atoms with E-state index >= 15 is 0 Å². The van der Waals surface area contributed by atoms with E-state index in [4.69, 9.17) is 26.3 Å². The van der Waals surface area contributed by atoms with Gasteiger partial charge in [0.2, 0.25) is 0 Å². The second kappa shape index (κ2) is 10.4. The molecule has 1 atom stereocenters. The Kier molecular flexibility index (Phi) is 6.88. The number of nitrogens with zero attached hydrogens (tertiary/aromatic N) is 2. The van der Waals surface area contributed by atoms with Crippen molar-refractivity contribution in [2.45, 2.75) is 38.9 Å². The molecule has 180 valence electrons. The lowest BCUT2D eigenvalue weighted by Gasteiger charge is -2.19. The van der Waals surface area contributed by atoms with Gasteiger partial charge in [-0.25, -0.2) is 4.39 Å². The molecule has 0 radical (unpaired) electrons. The number of benzene rings is 3. The lowest BCUT2D eigenvalue weighted by molar-refractivity contribution is 0.206. The predicted octanol–water partition coefficient (Wildman–Crippen LogP) is 7.62. The number of halogens is 2. The molecule has 3 aromatic carbocycles. The van der Waals surface area contributed by atoms with E-state index < -0.39 is 0 Å². The zero-order valence-corrected chi connectivity index (χ0v) is 20.6. The lowest BCUT2D eigenvalue weighted by Crippen LogP contribution is -2.06. The molecular weight excluding hydrogens is 475 g/mol. The van der Waals surface area contributed by atoms with Gasteiger partial charge in [-0.05, 0) is 59.7 Å². The highest BCUT2D eigenvalue weighted by molar-refractivity contribution is 6.32. The molecular formula is C30H24ClFN2O2. The fraction of sp³-hybridized carbons (Fsp3) is 0.200. The summed E-state index contributed by atoms with van der Waals surface area (Å²) in [5.74, 6) is 0.991. The summed E-state index contributed by atoms with van der Waals surface area (Å²) >= 11 is 6.61. The summed E-state index contributed by atoms with van der Waals surface area (Å²) in [5, 5.41) is 9.64. The Morgan fingerprint density at radius 1 is 1.06 bits per heavy atom. The van der Waals surface area contributed by atoms with Crippen LogP contribution in [0.15, 0.2) is 73.1 Å². The van der Waals surface area contributed by atoms with E-state index in [1.807, 2.05) is 49.4 Å². The second-order valence-corrected chi connectivity index (χ2v) is 9.13. The molecule has 0 unspecified atom stereocenters. The summed E-state index contributed by atoms with van der Waals surface area (Å²) < 4.78 is 27.0. The molecule has 36 heavy (non-hydrogen) atoms. The standard InChI is InChI=1S/C30H24ClFN2O2/c1-2-21-13-26(31)30(14-29(21)35-18-20-12-19(15-33)16-34-17-20)36-28-11-10-23-22(7-5-8-25(23)28)24-6-3-4-9-27(24)32/h3-9,12-14,16-17,28H,2,10-11,18H2,1H3/t28-/m0/s1. The molecule has 0 spiro atoms. The first-order valence-electron chi connectivity index (χ1n) is 11.9. The first-order valence-corrected chi connectivity index (χ1v) is 12.3. The Morgan fingerprint density at radius 3 is 2.69 bits per heavy atom. The highest BCUT2D eigenvalue weighted by atomic mass is 35.5. The number of fused-ring (bicyclic) bond motifs is 1. The van der Waals surface area contributed by atoms with Crippen molar-refractivity contribution < 1.29 is 13.9 Å². The van der Waals surface area contributed by atoms with Crippen molar-refractivity contribution >= 4 is 11.6 Å². The van der Waals surface area contributed by atoms with Gasteiger partial charge in [-0.3, -0.25) is 4.98 Å². The number of ether oxygens (including phenoxy) is 2. The first-order chi connectivity index (χ1) is 17.6. The van der Waals surface area contributed by atoms with Crippen LogP contribution in [-0.2, 0) is 19.4 Å². The molecule has 0 aliphatic heterocycles. The maximum absolute atomic E-state index is 14.5. The predicted molar refractivity (Wildman–Crippen MR) is 138 cm³/mol. The Morgan fingerprint density at radius 2 is 1.89 bits per heavy atom. The maximum atomic E-state index is 14.5. The van der Waals surface area contributed by atoms with Crippen LogP contribution >= 0.6 is 11.6 Å². The topological polar surface area (TPSA) is 55.1 Å². The molecule has 0 amide bonds. The Hall–Kier alpha value is -3.88. The highest BCUT2D eigenvalue weighted by Crippen LogP contribution is 2.43. The van der Waals surface area contributed by atoms with Crippen molar-refractivity contribution in [2.75, 3.05) is 0 Å². The smallest absolute Gasteiger partial charge is 0.142 e. The zero-order valence-electron chi connectivity index (χ0n) is 19.8. The molecule has 0 fully saturated rings. The van der Waals surface area contributed by atoms with Crippen LogP contribution < -0.4 is 9.47 Å². The largest absolute Gasteiger partial charge is 0.488 e. The van der Waals surface area contributed by atoms with E-state index in [2.05, 4.69) is 11.1 Å². The van der Waals surface area contributed by atoms with Crippen LogP contribution in [0.4, 0.5) is 4.39 Å². The molecule has 6 heteroatoms. The van der Waals surface area contributed by atoms with Gasteiger partial charge in [0.15, 0.2) is 0 Å². The molecule has 0 bridgehead atoms. The summed E-state index contributed by atoms with van der Waals surface area (Å²) in [6.45, 7) is 2.31. The van der Waals surface area contributed by atoms with E-state index in [1.54, 1.807) is 18.3 Å². The Balaban J connectivity index is 1.40. The highest BCUT2D eigenvalue weighted by Gasteiger charge is 2.28. The summed E-state index contributed by atoms with van der Waals surface area (Å²) in [5.41, 5.74) is 5.92. The van der Waals surface area contributed by atoms with Crippen LogP contribution in [0.1, 0.15) is 47.3 Å². The van der Waals surface area contributed by atoms with Crippen LogP contribution in [0.2, 0.25) is 5.02 Å². The van der Waals surface area contributed by atoms with Crippen molar-refractivity contribution in [1.82, 2.24) is 4.98 Å². The molecule has 1 aromatic heterocycles. The summed E-state index contributed by atoms with van der Waals surface area (Å²) in [6.07, 6.45) is 5.32. The molecule has 1 aliphatic carbocycles. The number of aryl methyl sites for hydroxylation is 1. The van der Waals surface area contributed by atoms with Gasteiger partial charge in [0.05, 0.1) is 10.6 Å². The number of hydrogen-bond donors (Lipinski definition) is 0. The van der Waals surface area contributed by atoms with Crippen molar-refractivity contribution in [2.24, 2.45) is 0 Å². The van der Waals surface area contributed by atoms with Gasteiger partial charge in [-0.1, -0.05) is 54.9 Å². The SMILES string of the molecule is CCc1cc(Cl)c(O[C@H]2CCc3c(-c4ccccc4F)cccc32)cc1OCc1cncc(C#N)c1. The summed E-state index contributed by atoms with van der Waals surface area (Å²) in [6, 6.07) is 20.4. The van der Waals surface area contributed by atoms with Gasteiger partial charge >= 0.3 is 0 Å². The van der Waals surface area contributed by atoms with Crippen molar-refractivity contribution in [3.63, 3.8) is 0 Å². The van der Waals surface area contributed by atoms with Gasteiger partial charge in [0, 0.05) is 29.6 Å². The third-order valence-corrected chi connectivity index (χ3v) is 6.76. The molecule has 1 aliphatic rings. The molecule has 1 heterocycles. The van der Waals surface area contributed by atoms with Crippen LogP contribution in [-0.4, -0.2) is 4.98 Å². The number of pyridine rings is 1. The fourth-order valence-electron chi connectivity index (χ4n) is 4.69. The quantitative estimate of drug-likeness (QED) is 0.263. The van der Waals surface area contributed by atoms with Gasteiger partial charge in [0.1, 0.15) is 36.1 Å². The van der Waals surface area contributed by atoms with Gasteiger partial charge in [-0.2, -0.15) is 5.26 Å². The van der Waals surface area contributed by atoms with Crippen molar-refractivity contribution in [1.29, 1.82) is 5.26 Å². The number of rotatable bonds is 7. The van der Waals surface area contributed by atoms with Crippen LogP contribution in [0, 0.1) is 17.1 Å². The lowest BCUT2D eigenvalue weighted by atomic mass is 9.96. The van der Waals surface area contributed by atoms with Crippen LogP contribution in [0.25, 0.3) is 11.1 Å². The monoisotopic (exact) mass is 498 g/mol. The maximum Gasteiger partial charge on any atom is 0.142 e. The minimum absolute atomic E-state index is 0.193. The first kappa shape index (κ1) is 23.8. The van der Waals surface area contributed by atoms with Gasteiger partial charge in [0.25, 0.3) is 0 Å². The summed E-state index contributed by atoms with van der Waals surface area (Å²) in [7, 11) is 0. The zero-order chi connectivity index (χ0) is 25.1. The van der Waals surface area contributed by atoms with E-state index in [0.717, 1.165) is 47.1 Å². The minimum Gasteiger partial charge on any atom is -0.488 e. The number of aromatic nitrogens is 1. The normalized spacial score (nSPS) is 14.2. The third kappa shape index (κ3) is 4.78. The van der Waals surface area contributed by atoms with E-state index in [-0.39, 0.29) is 18.5 Å². The average Bonchev–Trinajstić information content (AvgIpc) is 3.32. The Bertz CT molecular complexity index is 1460. The Labute approximate surface area is 214 Å². The fourth-order valence-corrected chi connectivity index (χ4v) is 4.92. The van der Waals surface area contributed by atoms with Gasteiger partial charge in [-0.15, -0.1) is 0 Å². The number of hydrogen-bond acceptors (Lipinski definition) is 4. The molecule has 0 N–H and O–H groups in total. The molecule has 4 aromatic rings. The molecule has 4 nitrogen and oxygen atoms in total. The van der Waals surface area contributed by atoms with Crippen LogP contribution in [0.3, 0.4) is 0 Å². The van der Waals surface area contributed by atoms with Gasteiger partial charge < -0.3 is 9.47 Å². The molecule has 0 saturated heterocycles. The molecule has 0 saturated carbocycles. The van der Waals surface area contributed by atoms with Crippen molar-refractivity contribution in [3.8, 4) is 28.7 Å². The van der Waals surface area contributed by atoms with E-state index in [9.17, 15) is 4.39 Å². The second-order valence-electron chi connectivity index (χ2n) is 8.72. The average molecular weight is 499 g/mol. The minimum atomic E-state index is -0.231. The van der Waals surface area contributed by atoms with Crippen molar-refractivity contribution in [3.05, 3.63) is 112 Å². The molecule has 5 rings (SSSR count).